The Labute approximate surface area is 241 Å². The molecule has 0 aromatic heterocycles. The molecule has 1 aliphatic rings. The van der Waals surface area contributed by atoms with Crippen molar-refractivity contribution in [2.24, 2.45) is 5.73 Å². The molecular formula is C32H37ClN4O3. The number of carbonyl (C=O) groups is 3. The van der Waals surface area contributed by atoms with Crippen LogP contribution in [0.1, 0.15) is 61.8 Å². The average molecular weight is 561 g/mol. The highest BCUT2D eigenvalue weighted by molar-refractivity contribution is 6.30. The SMILES string of the molecule is CCC(C)(C)NC(=O)CN1C(=O)C(N(C(N)=O)c2cccc(C)c2)CC(c2ccc(Cl)cc2)c2ccc(C)cc21. The van der Waals surface area contributed by atoms with E-state index in [-0.39, 0.29) is 30.7 Å². The zero-order chi connectivity index (χ0) is 29.2. The summed E-state index contributed by atoms with van der Waals surface area (Å²) < 4.78 is 0. The summed E-state index contributed by atoms with van der Waals surface area (Å²) in [5.74, 6) is -0.917. The number of aryl methyl sites for hydroxylation is 2. The summed E-state index contributed by atoms with van der Waals surface area (Å²) in [5, 5.41) is 3.64. The number of amides is 4. The molecule has 1 aliphatic heterocycles. The fraction of sp³-hybridized carbons (Fsp3) is 0.344. The highest BCUT2D eigenvalue weighted by Crippen LogP contribution is 2.42. The van der Waals surface area contributed by atoms with Crippen molar-refractivity contribution < 1.29 is 14.4 Å². The molecule has 4 rings (SSSR count). The van der Waals surface area contributed by atoms with Crippen LogP contribution >= 0.6 is 11.6 Å². The molecule has 0 saturated carbocycles. The summed E-state index contributed by atoms with van der Waals surface area (Å²) in [6.07, 6.45) is 0.998. The highest BCUT2D eigenvalue weighted by Gasteiger charge is 2.41. The van der Waals surface area contributed by atoms with E-state index in [4.69, 9.17) is 17.3 Å². The van der Waals surface area contributed by atoms with Crippen molar-refractivity contribution in [3.05, 3.63) is 94.0 Å². The van der Waals surface area contributed by atoms with Crippen molar-refractivity contribution in [2.45, 2.75) is 65.0 Å². The second-order valence-electron chi connectivity index (χ2n) is 11.2. The summed E-state index contributed by atoms with van der Waals surface area (Å²) in [5.41, 5.74) is 10.4. The van der Waals surface area contributed by atoms with Crippen molar-refractivity contribution >= 4 is 40.8 Å². The molecule has 0 saturated heterocycles. The molecule has 40 heavy (non-hydrogen) atoms. The summed E-state index contributed by atoms with van der Waals surface area (Å²) in [6.45, 7) is 9.56. The lowest BCUT2D eigenvalue weighted by molar-refractivity contribution is -0.125. The second-order valence-corrected chi connectivity index (χ2v) is 11.6. The Morgan fingerprint density at radius 1 is 1.05 bits per heavy atom. The number of nitrogens with two attached hydrogens (primary N) is 1. The third-order valence-corrected chi connectivity index (χ3v) is 7.88. The van der Waals surface area contributed by atoms with Crippen molar-refractivity contribution in [2.75, 3.05) is 16.3 Å². The van der Waals surface area contributed by atoms with E-state index in [9.17, 15) is 14.4 Å². The van der Waals surface area contributed by atoms with Crippen molar-refractivity contribution in [3.8, 4) is 0 Å². The number of hydrogen-bond donors (Lipinski definition) is 2. The lowest BCUT2D eigenvalue weighted by Gasteiger charge is -2.33. The topological polar surface area (TPSA) is 95.7 Å². The predicted octanol–water partition coefficient (Wildman–Crippen LogP) is 6.08. The third-order valence-electron chi connectivity index (χ3n) is 7.63. The Balaban J connectivity index is 1.90. The minimum Gasteiger partial charge on any atom is -0.351 e. The Morgan fingerprint density at radius 3 is 2.35 bits per heavy atom. The number of nitrogens with one attached hydrogen (secondary N) is 1. The van der Waals surface area contributed by atoms with Gasteiger partial charge in [0, 0.05) is 27.9 Å². The predicted molar refractivity (Wildman–Crippen MR) is 161 cm³/mol. The summed E-state index contributed by atoms with van der Waals surface area (Å²) >= 11 is 6.21. The van der Waals surface area contributed by atoms with Gasteiger partial charge in [-0.25, -0.2) is 4.79 Å². The van der Waals surface area contributed by atoms with E-state index in [1.54, 1.807) is 6.07 Å². The normalized spacial score (nSPS) is 17.1. The first-order valence-electron chi connectivity index (χ1n) is 13.5. The molecule has 3 aromatic carbocycles. The number of primary amides is 1. The van der Waals surface area contributed by atoms with Gasteiger partial charge in [0.15, 0.2) is 0 Å². The molecule has 4 amide bonds. The molecule has 2 unspecified atom stereocenters. The third kappa shape index (κ3) is 6.31. The molecule has 2 atom stereocenters. The van der Waals surface area contributed by atoms with Gasteiger partial charge >= 0.3 is 6.03 Å². The van der Waals surface area contributed by atoms with Crippen molar-refractivity contribution in [1.29, 1.82) is 0 Å². The van der Waals surface area contributed by atoms with E-state index in [1.165, 1.54) is 9.80 Å². The minimum atomic E-state index is -0.959. The van der Waals surface area contributed by atoms with Crippen LogP contribution in [0.5, 0.6) is 0 Å². The lowest BCUT2D eigenvalue weighted by atomic mass is 9.85. The number of anilines is 2. The second kappa shape index (κ2) is 11.7. The standard InChI is InChI=1S/C32H37ClN4O3/c1-6-32(4,5)35-29(38)19-36-27-17-21(3)10-15-25(27)26(22-11-13-23(33)14-12-22)18-28(30(36)39)37(31(34)40)24-9-7-8-20(2)16-24/h7-17,26,28H,6,18-19H2,1-5H3,(H2,34,40)(H,35,38). The van der Waals surface area contributed by atoms with Crippen LogP contribution in [0.4, 0.5) is 16.2 Å². The summed E-state index contributed by atoms with van der Waals surface area (Å²) in [7, 11) is 0. The number of halogens is 1. The minimum absolute atomic E-state index is 0.191. The zero-order valence-corrected chi connectivity index (χ0v) is 24.5. The van der Waals surface area contributed by atoms with Gasteiger partial charge < -0.3 is 16.0 Å². The quantitative estimate of drug-likeness (QED) is 0.366. The number of urea groups is 1. The van der Waals surface area contributed by atoms with Crippen molar-refractivity contribution in [1.82, 2.24) is 5.32 Å². The van der Waals surface area contributed by atoms with Crippen LogP contribution in [-0.2, 0) is 9.59 Å². The van der Waals surface area contributed by atoms with Gasteiger partial charge in [0.25, 0.3) is 5.91 Å². The van der Waals surface area contributed by atoms with Crippen LogP contribution in [0.25, 0.3) is 0 Å². The maximum absolute atomic E-state index is 14.5. The molecule has 1 heterocycles. The number of carbonyl (C=O) groups excluding carboxylic acids is 3. The molecule has 0 radical (unpaired) electrons. The van der Waals surface area contributed by atoms with E-state index >= 15 is 0 Å². The average Bonchev–Trinajstić information content (AvgIpc) is 2.99. The van der Waals surface area contributed by atoms with Crippen molar-refractivity contribution in [3.63, 3.8) is 0 Å². The monoisotopic (exact) mass is 560 g/mol. The Bertz CT molecular complexity index is 1420. The molecule has 0 fully saturated rings. The highest BCUT2D eigenvalue weighted by atomic mass is 35.5. The van der Waals surface area contributed by atoms with E-state index in [0.29, 0.717) is 16.4 Å². The van der Waals surface area contributed by atoms with Crippen LogP contribution in [0.2, 0.25) is 5.02 Å². The van der Waals surface area contributed by atoms with E-state index < -0.39 is 17.6 Å². The number of fused-ring (bicyclic) bond motifs is 1. The number of rotatable bonds is 7. The first-order chi connectivity index (χ1) is 18.9. The maximum atomic E-state index is 14.5. The first kappa shape index (κ1) is 29.2. The molecule has 3 N–H and O–H groups in total. The largest absolute Gasteiger partial charge is 0.351 e. The number of benzene rings is 3. The Hall–Kier alpha value is -3.84. The molecule has 7 nitrogen and oxygen atoms in total. The lowest BCUT2D eigenvalue weighted by Crippen LogP contribution is -2.55. The van der Waals surface area contributed by atoms with Gasteiger partial charge in [0.05, 0.1) is 0 Å². The van der Waals surface area contributed by atoms with Gasteiger partial charge in [-0.2, -0.15) is 0 Å². The van der Waals surface area contributed by atoms with Gasteiger partial charge in [-0.1, -0.05) is 54.9 Å². The van der Waals surface area contributed by atoms with Crippen LogP contribution in [0.3, 0.4) is 0 Å². The molecule has 210 valence electrons. The smallest absolute Gasteiger partial charge is 0.320 e. The van der Waals surface area contributed by atoms with Crippen LogP contribution in [0, 0.1) is 13.8 Å². The fourth-order valence-corrected chi connectivity index (χ4v) is 5.33. The van der Waals surface area contributed by atoms with Gasteiger partial charge in [-0.3, -0.25) is 14.5 Å². The molecule has 0 spiro atoms. The summed E-state index contributed by atoms with van der Waals surface area (Å²) in [4.78, 5) is 43.7. The molecule has 0 aliphatic carbocycles. The number of nitrogens with zero attached hydrogens (tertiary/aromatic N) is 2. The van der Waals surface area contributed by atoms with Gasteiger partial charge in [0.1, 0.15) is 12.6 Å². The zero-order valence-electron chi connectivity index (χ0n) is 23.7. The fourth-order valence-electron chi connectivity index (χ4n) is 5.21. The molecule has 0 bridgehead atoms. The summed E-state index contributed by atoms with van der Waals surface area (Å²) in [6, 6.07) is 19.1. The van der Waals surface area contributed by atoms with E-state index in [0.717, 1.165) is 28.7 Å². The Morgan fingerprint density at radius 2 is 1.73 bits per heavy atom. The first-order valence-corrected chi connectivity index (χ1v) is 13.9. The van der Waals surface area contributed by atoms with Crippen LogP contribution in [-0.4, -0.2) is 36.0 Å². The molecular weight excluding hydrogens is 524 g/mol. The molecule has 8 heteroatoms. The van der Waals surface area contributed by atoms with E-state index in [2.05, 4.69) is 5.32 Å². The number of hydrogen-bond acceptors (Lipinski definition) is 3. The van der Waals surface area contributed by atoms with Gasteiger partial charge in [-0.05, 0) is 93.1 Å². The van der Waals surface area contributed by atoms with Crippen LogP contribution in [0.15, 0.2) is 66.7 Å². The molecule has 3 aromatic rings. The maximum Gasteiger partial charge on any atom is 0.320 e. The van der Waals surface area contributed by atoms with Gasteiger partial charge in [-0.15, -0.1) is 0 Å². The van der Waals surface area contributed by atoms with Gasteiger partial charge in [0.2, 0.25) is 5.91 Å². The van der Waals surface area contributed by atoms with E-state index in [1.807, 2.05) is 95.3 Å². The Kier molecular flexibility index (Phi) is 8.54. The van der Waals surface area contributed by atoms with Crippen LogP contribution < -0.4 is 20.9 Å².